The van der Waals surface area contributed by atoms with Crippen LogP contribution in [0.25, 0.3) is 0 Å². The van der Waals surface area contributed by atoms with Gasteiger partial charge in [0.15, 0.2) is 0 Å². The number of anilines is 1. The Balaban J connectivity index is 2.10. The molecular formula is C14H11F2NO2. The Hall–Kier alpha value is -2.43. The number of hydrogen-bond donors (Lipinski definition) is 1. The Morgan fingerprint density at radius 3 is 2.47 bits per heavy atom. The molecule has 2 rings (SSSR count). The van der Waals surface area contributed by atoms with E-state index < -0.39 is 17.6 Å². The molecule has 0 saturated heterocycles. The van der Waals surface area contributed by atoms with Gasteiger partial charge in [-0.25, -0.2) is 13.6 Å². The van der Waals surface area contributed by atoms with Gasteiger partial charge in [0.05, 0.1) is 11.3 Å². The van der Waals surface area contributed by atoms with Gasteiger partial charge in [0, 0.05) is 5.56 Å². The van der Waals surface area contributed by atoms with Gasteiger partial charge in [-0.1, -0.05) is 24.3 Å². The first-order valence-electron chi connectivity index (χ1n) is 5.54. The van der Waals surface area contributed by atoms with E-state index >= 15 is 0 Å². The summed E-state index contributed by atoms with van der Waals surface area (Å²) in [5.41, 5.74) is 5.32. The molecule has 0 heterocycles. The first kappa shape index (κ1) is 13.0. The Kier molecular flexibility index (Phi) is 3.75. The lowest BCUT2D eigenvalue weighted by molar-refractivity contribution is 0.0470. The van der Waals surface area contributed by atoms with Gasteiger partial charge in [0.2, 0.25) is 0 Å². The lowest BCUT2D eigenvalue weighted by Crippen LogP contribution is -2.10. The molecule has 19 heavy (non-hydrogen) atoms. The third-order valence-electron chi connectivity index (χ3n) is 2.59. The normalized spacial score (nSPS) is 10.2. The van der Waals surface area contributed by atoms with E-state index in [1.54, 1.807) is 6.07 Å². The lowest BCUT2D eigenvalue weighted by atomic mass is 10.2. The van der Waals surface area contributed by atoms with E-state index in [-0.39, 0.29) is 23.4 Å². The summed E-state index contributed by atoms with van der Waals surface area (Å²) in [6, 6.07) is 9.77. The molecule has 0 saturated carbocycles. The van der Waals surface area contributed by atoms with E-state index in [9.17, 15) is 13.6 Å². The molecule has 0 unspecified atom stereocenters. The monoisotopic (exact) mass is 263 g/mol. The number of para-hydroxylation sites is 1. The summed E-state index contributed by atoms with van der Waals surface area (Å²) >= 11 is 0. The van der Waals surface area contributed by atoms with Crippen LogP contribution in [0.5, 0.6) is 0 Å². The standard InChI is InChI=1S/C14H11F2NO2/c15-11-6-2-1-4-9(11)8-19-14(18)10-5-3-7-12(16)13(10)17/h1-7H,8,17H2. The molecule has 0 fully saturated rings. The van der Waals surface area contributed by atoms with Crippen molar-refractivity contribution in [1.29, 1.82) is 0 Å². The molecule has 3 nitrogen and oxygen atoms in total. The summed E-state index contributed by atoms with van der Waals surface area (Å²) < 4.78 is 31.4. The molecule has 0 aromatic heterocycles. The molecule has 2 aromatic rings. The minimum Gasteiger partial charge on any atom is -0.457 e. The Morgan fingerprint density at radius 2 is 1.74 bits per heavy atom. The van der Waals surface area contributed by atoms with Crippen LogP contribution in [0.3, 0.4) is 0 Å². The number of esters is 1. The third-order valence-corrected chi connectivity index (χ3v) is 2.59. The summed E-state index contributed by atoms with van der Waals surface area (Å²) in [4.78, 5) is 11.7. The van der Waals surface area contributed by atoms with Crippen LogP contribution in [0.1, 0.15) is 15.9 Å². The quantitative estimate of drug-likeness (QED) is 0.684. The fraction of sp³-hybridized carbons (Fsp3) is 0.0714. The van der Waals surface area contributed by atoms with Crippen molar-refractivity contribution >= 4 is 11.7 Å². The minimum atomic E-state index is -0.791. The molecule has 2 N–H and O–H groups in total. The lowest BCUT2D eigenvalue weighted by Gasteiger charge is -2.08. The van der Waals surface area contributed by atoms with Gasteiger partial charge in [-0.3, -0.25) is 0 Å². The average Bonchev–Trinajstić information content (AvgIpc) is 2.40. The molecule has 0 aliphatic rings. The van der Waals surface area contributed by atoms with Crippen molar-refractivity contribution in [3.8, 4) is 0 Å². The fourth-order valence-corrected chi connectivity index (χ4v) is 1.55. The van der Waals surface area contributed by atoms with Gasteiger partial charge in [-0.05, 0) is 18.2 Å². The van der Waals surface area contributed by atoms with Gasteiger partial charge in [-0.15, -0.1) is 0 Å². The van der Waals surface area contributed by atoms with Gasteiger partial charge < -0.3 is 10.5 Å². The van der Waals surface area contributed by atoms with Crippen molar-refractivity contribution in [1.82, 2.24) is 0 Å². The zero-order valence-electron chi connectivity index (χ0n) is 9.90. The number of carbonyl (C=O) groups is 1. The molecule has 0 amide bonds. The predicted octanol–water partition coefficient (Wildman–Crippen LogP) is 2.90. The summed E-state index contributed by atoms with van der Waals surface area (Å²) in [6.07, 6.45) is 0. The van der Waals surface area contributed by atoms with Crippen LogP contribution in [0.4, 0.5) is 14.5 Å². The van der Waals surface area contributed by atoms with Crippen LogP contribution in [0, 0.1) is 11.6 Å². The van der Waals surface area contributed by atoms with E-state index in [0.29, 0.717) is 0 Å². The summed E-state index contributed by atoms with van der Waals surface area (Å²) in [5.74, 6) is -1.96. The number of nitrogen functional groups attached to an aromatic ring is 1. The first-order chi connectivity index (χ1) is 9.09. The SMILES string of the molecule is Nc1c(F)cccc1C(=O)OCc1ccccc1F. The van der Waals surface area contributed by atoms with Crippen molar-refractivity contribution in [2.75, 3.05) is 5.73 Å². The van der Waals surface area contributed by atoms with Gasteiger partial charge >= 0.3 is 5.97 Å². The second kappa shape index (κ2) is 5.48. The van der Waals surface area contributed by atoms with E-state index in [0.717, 1.165) is 6.07 Å². The second-order valence-corrected chi connectivity index (χ2v) is 3.87. The number of hydrogen-bond acceptors (Lipinski definition) is 3. The van der Waals surface area contributed by atoms with Gasteiger partial charge in [0.25, 0.3) is 0 Å². The number of halogens is 2. The molecule has 0 spiro atoms. The minimum absolute atomic E-state index is 0.0728. The van der Waals surface area contributed by atoms with E-state index in [2.05, 4.69) is 0 Å². The largest absolute Gasteiger partial charge is 0.457 e. The maximum Gasteiger partial charge on any atom is 0.340 e. The highest BCUT2D eigenvalue weighted by molar-refractivity contribution is 5.95. The maximum atomic E-state index is 13.3. The molecule has 98 valence electrons. The van der Waals surface area contributed by atoms with Crippen molar-refractivity contribution in [3.63, 3.8) is 0 Å². The topological polar surface area (TPSA) is 52.3 Å². The van der Waals surface area contributed by atoms with Crippen LogP contribution in [0.15, 0.2) is 42.5 Å². The van der Waals surface area contributed by atoms with Crippen LogP contribution in [-0.2, 0) is 11.3 Å². The zero-order valence-corrected chi connectivity index (χ0v) is 9.90. The number of benzene rings is 2. The maximum absolute atomic E-state index is 13.3. The average molecular weight is 263 g/mol. The highest BCUT2D eigenvalue weighted by atomic mass is 19.1. The zero-order chi connectivity index (χ0) is 13.8. The second-order valence-electron chi connectivity index (χ2n) is 3.87. The fourth-order valence-electron chi connectivity index (χ4n) is 1.55. The third kappa shape index (κ3) is 2.88. The summed E-state index contributed by atoms with van der Waals surface area (Å²) in [5, 5.41) is 0. The first-order valence-corrected chi connectivity index (χ1v) is 5.54. The van der Waals surface area contributed by atoms with Crippen molar-refractivity contribution < 1.29 is 18.3 Å². The van der Waals surface area contributed by atoms with Crippen LogP contribution >= 0.6 is 0 Å². The molecule has 5 heteroatoms. The number of nitrogens with two attached hydrogens (primary N) is 1. The molecule has 0 aliphatic carbocycles. The predicted molar refractivity (Wildman–Crippen MR) is 66.3 cm³/mol. The van der Waals surface area contributed by atoms with Crippen LogP contribution < -0.4 is 5.73 Å². The molecule has 0 aliphatic heterocycles. The van der Waals surface area contributed by atoms with Crippen molar-refractivity contribution in [2.24, 2.45) is 0 Å². The summed E-state index contributed by atoms with van der Waals surface area (Å²) in [7, 11) is 0. The highest BCUT2D eigenvalue weighted by Gasteiger charge is 2.14. The summed E-state index contributed by atoms with van der Waals surface area (Å²) in [6.45, 7) is -0.235. The molecule has 0 bridgehead atoms. The Labute approximate surface area is 108 Å². The molecule has 0 atom stereocenters. The van der Waals surface area contributed by atoms with Crippen molar-refractivity contribution in [2.45, 2.75) is 6.61 Å². The van der Waals surface area contributed by atoms with Gasteiger partial charge in [-0.2, -0.15) is 0 Å². The number of carbonyl (C=O) groups excluding carboxylic acids is 1. The van der Waals surface area contributed by atoms with E-state index in [1.807, 2.05) is 0 Å². The van der Waals surface area contributed by atoms with Crippen LogP contribution in [-0.4, -0.2) is 5.97 Å². The Morgan fingerprint density at radius 1 is 1.05 bits per heavy atom. The van der Waals surface area contributed by atoms with Crippen molar-refractivity contribution in [3.05, 3.63) is 65.2 Å². The molecule has 2 aromatic carbocycles. The molecular weight excluding hydrogens is 252 g/mol. The highest BCUT2D eigenvalue weighted by Crippen LogP contribution is 2.17. The number of rotatable bonds is 3. The Bertz CT molecular complexity index is 614. The smallest absolute Gasteiger partial charge is 0.340 e. The van der Waals surface area contributed by atoms with Crippen LogP contribution in [0.2, 0.25) is 0 Å². The number of ether oxygens (including phenoxy) is 1. The molecule has 0 radical (unpaired) electrons. The van der Waals surface area contributed by atoms with Gasteiger partial charge in [0.1, 0.15) is 18.2 Å². The van der Waals surface area contributed by atoms with E-state index in [4.69, 9.17) is 10.5 Å². The van der Waals surface area contributed by atoms with E-state index in [1.165, 1.54) is 30.3 Å².